The molecule has 0 saturated carbocycles. The minimum Gasteiger partial charge on any atom is -0.343 e. The molecule has 7 nitrogen and oxygen atoms in total. The van der Waals surface area contributed by atoms with Gasteiger partial charge in [-0.1, -0.05) is 0 Å². The van der Waals surface area contributed by atoms with Crippen molar-refractivity contribution in [1.82, 2.24) is 19.9 Å². The standard InChI is InChI=1S/C21H18F3N5O2S/c1-20(2)18(30)29(14-3-5-15(6-4-14)32-21(22,23)24)19(31)28(20)12-13-7-8-25-16(11-13)17-26-9-10-27-17/h3-11H,12H2,1-2H3,(H,26,27). The molecule has 1 aromatic carbocycles. The third-order valence-corrected chi connectivity index (χ3v) is 5.80. The number of thioether (sulfide) groups is 1. The van der Waals surface area contributed by atoms with Crippen LogP contribution < -0.4 is 4.90 Å². The van der Waals surface area contributed by atoms with Crippen LogP contribution in [-0.2, 0) is 11.3 Å². The largest absolute Gasteiger partial charge is 0.446 e. The van der Waals surface area contributed by atoms with Gasteiger partial charge in [0.15, 0.2) is 5.82 Å². The highest BCUT2D eigenvalue weighted by molar-refractivity contribution is 8.00. The summed E-state index contributed by atoms with van der Waals surface area (Å²) >= 11 is -0.257. The lowest BCUT2D eigenvalue weighted by atomic mass is 10.0. The van der Waals surface area contributed by atoms with Crippen LogP contribution in [0.2, 0.25) is 0 Å². The lowest BCUT2D eigenvalue weighted by Gasteiger charge is -2.27. The molecule has 1 aliphatic rings. The molecule has 3 heterocycles. The number of urea groups is 1. The Bertz CT molecular complexity index is 1150. The van der Waals surface area contributed by atoms with Gasteiger partial charge in [0, 0.05) is 30.0 Å². The van der Waals surface area contributed by atoms with E-state index < -0.39 is 23.0 Å². The van der Waals surface area contributed by atoms with Crippen LogP contribution in [0.15, 0.2) is 59.9 Å². The van der Waals surface area contributed by atoms with E-state index >= 15 is 0 Å². The molecule has 2 aromatic heterocycles. The average molecular weight is 461 g/mol. The van der Waals surface area contributed by atoms with Gasteiger partial charge in [0.25, 0.3) is 5.91 Å². The number of anilines is 1. The molecule has 1 N–H and O–H groups in total. The van der Waals surface area contributed by atoms with Crippen LogP contribution >= 0.6 is 11.8 Å². The van der Waals surface area contributed by atoms with E-state index in [4.69, 9.17) is 0 Å². The topological polar surface area (TPSA) is 82.2 Å². The van der Waals surface area contributed by atoms with Crippen molar-refractivity contribution in [2.24, 2.45) is 0 Å². The third-order valence-electron chi connectivity index (χ3n) is 5.06. The first-order valence-corrected chi connectivity index (χ1v) is 10.3. The Morgan fingerprint density at radius 2 is 1.78 bits per heavy atom. The Morgan fingerprint density at radius 1 is 1.06 bits per heavy atom. The molecule has 11 heteroatoms. The predicted octanol–water partition coefficient (Wildman–Crippen LogP) is 4.83. The van der Waals surface area contributed by atoms with Crippen molar-refractivity contribution in [2.75, 3.05) is 4.90 Å². The van der Waals surface area contributed by atoms with E-state index in [2.05, 4.69) is 15.0 Å². The summed E-state index contributed by atoms with van der Waals surface area (Å²) in [5.41, 5.74) is -4.01. The number of pyridine rings is 1. The number of carbonyl (C=O) groups excluding carboxylic acids is 2. The van der Waals surface area contributed by atoms with Crippen LogP contribution in [0.1, 0.15) is 19.4 Å². The van der Waals surface area contributed by atoms with Crippen LogP contribution in [0.4, 0.5) is 23.7 Å². The zero-order valence-corrected chi connectivity index (χ0v) is 17.9. The summed E-state index contributed by atoms with van der Waals surface area (Å²) in [5, 5.41) is 0. The van der Waals surface area contributed by atoms with Crippen molar-refractivity contribution in [3.8, 4) is 11.5 Å². The summed E-state index contributed by atoms with van der Waals surface area (Å²) in [4.78, 5) is 40.0. The van der Waals surface area contributed by atoms with E-state index in [0.717, 1.165) is 10.5 Å². The van der Waals surface area contributed by atoms with Crippen LogP contribution in [0, 0.1) is 0 Å². The fourth-order valence-electron chi connectivity index (χ4n) is 3.42. The average Bonchev–Trinajstić information content (AvgIpc) is 3.31. The van der Waals surface area contributed by atoms with E-state index in [-0.39, 0.29) is 28.9 Å². The smallest absolute Gasteiger partial charge is 0.343 e. The fraction of sp³-hybridized carbons (Fsp3) is 0.238. The minimum absolute atomic E-state index is 0.0290. The first-order valence-electron chi connectivity index (χ1n) is 9.53. The number of aromatic nitrogens is 3. The number of rotatable bonds is 5. The van der Waals surface area contributed by atoms with E-state index in [1.807, 2.05) is 0 Å². The Balaban J connectivity index is 1.58. The van der Waals surface area contributed by atoms with Gasteiger partial charge in [-0.2, -0.15) is 13.2 Å². The first-order chi connectivity index (χ1) is 15.1. The SMILES string of the molecule is CC1(C)C(=O)N(c2ccc(SC(F)(F)F)cc2)C(=O)N1Cc1ccnc(-c2ncc[nH]2)c1. The number of halogens is 3. The molecule has 1 aliphatic heterocycles. The van der Waals surface area contributed by atoms with Crippen molar-refractivity contribution in [1.29, 1.82) is 0 Å². The Morgan fingerprint density at radius 3 is 2.41 bits per heavy atom. The molecule has 3 aromatic rings. The summed E-state index contributed by atoms with van der Waals surface area (Å²) in [6.45, 7) is 3.41. The summed E-state index contributed by atoms with van der Waals surface area (Å²) < 4.78 is 37.7. The number of nitrogens with one attached hydrogen (secondary N) is 1. The van der Waals surface area contributed by atoms with Gasteiger partial charge in [-0.15, -0.1) is 0 Å². The van der Waals surface area contributed by atoms with Gasteiger partial charge in [0.1, 0.15) is 11.2 Å². The molecule has 0 spiro atoms. The molecule has 1 fully saturated rings. The number of benzene rings is 1. The molecule has 4 rings (SSSR count). The summed E-state index contributed by atoms with van der Waals surface area (Å²) in [5.74, 6) is 0.118. The van der Waals surface area contributed by atoms with Crippen LogP contribution in [0.3, 0.4) is 0 Å². The maximum absolute atomic E-state index is 13.2. The van der Waals surface area contributed by atoms with Crippen molar-refractivity contribution >= 4 is 29.4 Å². The highest BCUT2D eigenvalue weighted by Gasteiger charge is 2.51. The molecule has 166 valence electrons. The zero-order chi connectivity index (χ0) is 23.1. The maximum atomic E-state index is 13.2. The van der Waals surface area contributed by atoms with Gasteiger partial charge < -0.3 is 9.88 Å². The lowest BCUT2D eigenvalue weighted by molar-refractivity contribution is -0.123. The van der Waals surface area contributed by atoms with Crippen LogP contribution in [0.25, 0.3) is 11.5 Å². The number of imidazole rings is 1. The fourth-order valence-corrected chi connectivity index (χ4v) is 3.96. The van der Waals surface area contributed by atoms with Crippen LogP contribution in [0.5, 0.6) is 0 Å². The minimum atomic E-state index is -4.42. The Hall–Kier alpha value is -3.34. The van der Waals surface area contributed by atoms with E-state index in [1.165, 1.54) is 29.2 Å². The van der Waals surface area contributed by atoms with Crippen LogP contribution in [-0.4, -0.2) is 42.8 Å². The number of hydrogen-bond acceptors (Lipinski definition) is 5. The number of nitrogens with zero attached hydrogens (tertiary/aromatic N) is 4. The van der Waals surface area contributed by atoms with Gasteiger partial charge in [0.05, 0.1) is 5.69 Å². The number of alkyl halides is 3. The van der Waals surface area contributed by atoms with Gasteiger partial charge in [-0.3, -0.25) is 9.78 Å². The van der Waals surface area contributed by atoms with Crippen molar-refractivity contribution < 1.29 is 22.8 Å². The lowest BCUT2D eigenvalue weighted by Crippen LogP contribution is -2.43. The van der Waals surface area contributed by atoms with Gasteiger partial charge >= 0.3 is 11.5 Å². The second-order valence-electron chi connectivity index (χ2n) is 7.60. The monoisotopic (exact) mass is 461 g/mol. The molecule has 0 aliphatic carbocycles. The number of H-pyrrole nitrogens is 1. The van der Waals surface area contributed by atoms with Crippen molar-refractivity contribution in [3.05, 3.63) is 60.6 Å². The van der Waals surface area contributed by atoms with E-state index in [9.17, 15) is 22.8 Å². The number of hydrogen-bond donors (Lipinski definition) is 1. The van der Waals surface area contributed by atoms with Gasteiger partial charge in [-0.05, 0) is 67.6 Å². The molecule has 0 radical (unpaired) electrons. The highest BCUT2D eigenvalue weighted by atomic mass is 32.2. The van der Waals surface area contributed by atoms with Gasteiger partial charge in [-0.25, -0.2) is 14.7 Å². The number of amides is 3. The summed E-state index contributed by atoms with van der Waals surface area (Å²) in [6.07, 6.45) is 4.87. The predicted molar refractivity (Wildman–Crippen MR) is 113 cm³/mol. The van der Waals surface area contributed by atoms with E-state index in [0.29, 0.717) is 11.5 Å². The molecule has 3 amide bonds. The normalized spacial score (nSPS) is 16.2. The number of carbonyl (C=O) groups is 2. The number of imide groups is 1. The molecule has 32 heavy (non-hydrogen) atoms. The molecule has 1 saturated heterocycles. The Labute approximate surface area is 185 Å². The second-order valence-corrected chi connectivity index (χ2v) is 8.74. The maximum Gasteiger partial charge on any atom is 0.446 e. The number of aromatic amines is 1. The molecule has 0 bridgehead atoms. The molecule has 0 atom stereocenters. The highest BCUT2D eigenvalue weighted by Crippen LogP contribution is 2.39. The zero-order valence-electron chi connectivity index (χ0n) is 17.1. The Kier molecular flexibility index (Phi) is 5.45. The van der Waals surface area contributed by atoms with Crippen molar-refractivity contribution in [2.45, 2.75) is 36.3 Å². The molecular weight excluding hydrogens is 443 g/mol. The van der Waals surface area contributed by atoms with E-state index in [1.54, 1.807) is 44.6 Å². The quantitative estimate of drug-likeness (QED) is 0.435. The first kappa shape index (κ1) is 21.9. The molecule has 0 unspecified atom stereocenters. The summed E-state index contributed by atoms with van der Waals surface area (Å²) in [7, 11) is 0. The third kappa shape index (κ3) is 4.20. The molecular formula is C21H18F3N5O2S. The van der Waals surface area contributed by atoms with Crippen molar-refractivity contribution in [3.63, 3.8) is 0 Å². The van der Waals surface area contributed by atoms with Gasteiger partial charge in [0.2, 0.25) is 0 Å². The second kappa shape index (κ2) is 7.97. The summed E-state index contributed by atoms with van der Waals surface area (Å²) in [6, 6.07) is 8.12.